The van der Waals surface area contributed by atoms with E-state index in [1.807, 2.05) is 0 Å². The number of ether oxygens (including phenoxy) is 1. The lowest BCUT2D eigenvalue weighted by atomic mass is 9.86. The van der Waals surface area contributed by atoms with Crippen LogP contribution in [0.3, 0.4) is 0 Å². The molecular weight excluding hydrogens is 469 g/mol. The third-order valence-electron chi connectivity index (χ3n) is 5.55. The van der Waals surface area contributed by atoms with Crippen molar-refractivity contribution in [3.8, 4) is 28.6 Å². The van der Waals surface area contributed by atoms with Crippen molar-refractivity contribution >= 4 is 16.9 Å². The summed E-state index contributed by atoms with van der Waals surface area (Å²) in [5.74, 6) is -10.4. The number of hydrogen-bond acceptors (Lipinski definition) is 7. The number of fused-ring (bicyclic) bond motifs is 1. The highest BCUT2D eigenvalue weighted by molar-refractivity contribution is 5.93. The van der Waals surface area contributed by atoms with Crippen LogP contribution < -0.4 is 5.43 Å². The third kappa shape index (κ3) is 4.14. The molecular formula is C25H17F3O7. The molecule has 1 atom stereocenters. The molecule has 180 valence electrons. The van der Waals surface area contributed by atoms with Crippen LogP contribution in [0.1, 0.15) is 23.5 Å². The molecule has 0 aliphatic heterocycles. The Bertz CT molecular complexity index is 1490. The first-order chi connectivity index (χ1) is 16.6. The van der Waals surface area contributed by atoms with Crippen LogP contribution in [0.15, 0.2) is 57.7 Å². The zero-order valence-electron chi connectivity index (χ0n) is 18.0. The molecule has 4 aromatic rings. The van der Waals surface area contributed by atoms with Crippen molar-refractivity contribution in [3.63, 3.8) is 0 Å². The fraction of sp³-hybridized carbons (Fsp3) is 0.120. The first-order valence-corrected chi connectivity index (χ1v) is 10.1. The standard InChI is InChI=1S/C25H17F3O7/c1-34-18(30)9-13(12-7-14(26)21(28)15(27)8-12)19-22(31)24(33)23(32)20-16(29)10-17(35-25(19)20)11-5-3-2-4-6-11/h2-8,10,13,31-33H,9H2,1H3/t13-/m0/s1. The van der Waals surface area contributed by atoms with Crippen LogP contribution in [0.5, 0.6) is 17.2 Å². The Kier molecular flexibility index (Phi) is 6.12. The van der Waals surface area contributed by atoms with Gasteiger partial charge in [0.05, 0.1) is 13.5 Å². The summed E-state index contributed by atoms with van der Waals surface area (Å²) in [5, 5.41) is 30.9. The van der Waals surface area contributed by atoms with Crippen LogP contribution in [-0.4, -0.2) is 28.4 Å². The lowest BCUT2D eigenvalue weighted by Crippen LogP contribution is -2.13. The smallest absolute Gasteiger partial charge is 0.306 e. The number of phenolic OH excluding ortho intramolecular Hbond substituents is 3. The number of methoxy groups -OCH3 is 1. The molecule has 3 N–H and O–H groups in total. The van der Waals surface area contributed by atoms with Gasteiger partial charge in [0.1, 0.15) is 16.7 Å². The molecule has 0 aliphatic rings. The Hall–Kier alpha value is -4.47. The number of phenols is 3. The Morgan fingerprint density at radius 2 is 1.60 bits per heavy atom. The predicted molar refractivity (Wildman–Crippen MR) is 118 cm³/mol. The van der Waals surface area contributed by atoms with E-state index < -0.39 is 75.0 Å². The van der Waals surface area contributed by atoms with Gasteiger partial charge >= 0.3 is 5.97 Å². The van der Waals surface area contributed by atoms with Crippen LogP contribution in [0.4, 0.5) is 13.2 Å². The third-order valence-corrected chi connectivity index (χ3v) is 5.55. The van der Waals surface area contributed by atoms with Gasteiger partial charge in [0.15, 0.2) is 34.4 Å². The van der Waals surface area contributed by atoms with Gasteiger partial charge in [0.25, 0.3) is 0 Å². The van der Waals surface area contributed by atoms with Crippen LogP contribution in [-0.2, 0) is 9.53 Å². The highest BCUT2D eigenvalue weighted by atomic mass is 19.2. The van der Waals surface area contributed by atoms with E-state index in [0.29, 0.717) is 17.7 Å². The van der Waals surface area contributed by atoms with Crippen molar-refractivity contribution in [2.45, 2.75) is 12.3 Å². The number of carbonyl (C=O) groups excluding carboxylic acids is 1. The van der Waals surface area contributed by atoms with Gasteiger partial charge in [-0.25, -0.2) is 13.2 Å². The molecule has 0 amide bonds. The van der Waals surface area contributed by atoms with E-state index in [1.54, 1.807) is 30.3 Å². The maximum Gasteiger partial charge on any atom is 0.306 e. The first kappa shape index (κ1) is 23.7. The second kappa shape index (κ2) is 9.05. The number of hydrogen-bond donors (Lipinski definition) is 3. The van der Waals surface area contributed by atoms with Gasteiger partial charge < -0.3 is 24.5 Å². The number of carbonyl (C=O) groups is 1. The van der Waals surface area contributed by atoms with Crippen LogP contribution >= 0.6 is 0 Å². The predicted octanol–water partition coefficient (Wildman–Crippen LogP) is 4.69. The minimum Gasteiger partial charge on any atom is -0.504 e. The van der Waals surface area contributed by atoms with Gasteiger partial charge in [-0.2, -0.15) is 0 Å². The number of esters is 1. The zero-order valence-corrected chi connectivity index (χ0v) is 18.0. The van der Waals surface area contributed by atoms with Crippen molar-refractivity contribution < 1.29 is 42.4 Å². The van der Waals surface area contributed by atoms with Crippen LogP contribution in [0, 0.1) is 17.5 Å². The Morgan fingerprint density at radius 1 is 0.971 bits per heavy atom. The quantitative estimate of drug-likeness (QED) is 0.213. The lowest BCUT2D eigenvalue weighted by Gasteiger charge is -2.21. The fourth-order valence-corrected chi connectivity index (χ4v) is 3.85. The Morgan fingerprint density at radius 3 is 2.20 bits per heavy atom. The van der Waals surface area contributed by atoms with E-state index >= 15 is 0 Å². The fourth-order valence-electron chi connectivity index (χ4n) is 3.85. The molecule has 0 saturated carbocycles. The SMILES string of the molecule is COC(=O)C[C@@H](c1cc(F)c(F)c(F)c1)c1c(O)c(O)c(O)c2c(=O)cc(-c3ccccc3)oc12. The molecule has 1 heterocycles. The number of aromatic hydroxyl groups is 3. The minimum absolute atomic E-state index is 0.00197. The van der Waals surface area contributed by atoms with E-state index in [-0.39, 0.29) is 11.3 Å². The Balaban J connectivity index is 2.11. The van der Waals surface area contributed by atoms with Gasteiger partial charge in [0.2, 0.25) is 5.75 Å². The molecule has 0 fully saturated rings. The number of benzene rings is 3. The van der Waals surface area contributed by atoms with Gasteiger partial charge in [-0.05, 0) is 17.7 Å². The molecule has 4 rings (SSSR count). The van der Waals surface area contributed by atoms with Gasteiger partial charge in [-0.3, -0.25) is 9.59 Å². The van der Waals surface area contributed by atoms with E-state index in [1.165, 1.54) is 0 Å². The molecule has 0 bridgehead atoms. The minimum atomic E-state index is -1.76. The van der Waals surface area contributed by atoms with Crippen LogP contribution in [0.25, 0.3) is 22.3 Å². The summed E-state index contributed by atoms with van der Waals surface area (Å²) in [6.07, 6.45) is -0.660. The largest absolute Gasteiger partial charge is 0.504 e. The van der Waals surface area contributed by atoms with Crippen molar-refractivity contribution in [2.24, 2.45) is 0 Å². The molecule has 3 aromatic carbocycles. The van der Waals surface area contributed by atoms with Gasteiger partial charge in [0, 0.05) is 23.1 Å². The summed E-state index contributed by atoms with van der Waals surface area (Å²) < 4.78 is 52.3. The average Bonchev–Trinajstić information content (AvgIpc) is 2.85. The molecule has 0 unspecified atom stereocenters. The Labute approximate surface area is 195 Å². The summed E-state index contributed by atoms with van der Waals surface area (Å²) in [6, 6.07) is 10.5. The number of rotatable bonds is 5. The van der Waals surface area contributed by atoms with E-state index in [9.17, 15) is 38.1 Å². The molecule has 0 aliphatic carbocycles. The second-order valence-corrected chi connectivity index (χ2v) is 7.64. The summed E-state index contributed by atoms with van der Waals surface area (Å²) in [7, 11) is 1.05. The topological polar surface area (TPSA) is 117 Å². The summed E-state index contributed by atoms with van der Waals surface area (Å²) in [4.78, 5) is 25.1. The number of halogens is 3. The summed E-state index contributed by atoms with van der Waals surface area (Å²) in [5.41, 5.74) is -1.61. The first-order valence-electron chi connectivity index (χ1n) is 10.1. The van der Waals surface area contributed by atoms with E-state index in [4.69, 9.17) is 4.42 Å². The van der Waals surface area contributed by atoms with Crippen LogP contribution in [0.2, 0.25) is 0 Å². The summed E-state index contributed by atoms with van der Waals surface area (Å²) >= 11 is 0. The molecule has 0 spiro atoms. The molecule has 0 radical (unpaired) electrons. The van der Waals surface area contributed by atoms with Crippen molar-refractivity contribution in [1.82, 2.24) is 0 Å². The second-order valence-electron chi connectivity index (χ2n) is 7.64. The van der Waals surface area contributed by atoms with Gasteiger partial charge in [-0.1, -0.05) is 30.3 Å². The molecule has 7 nitrogen and oxygen atoms in total. The highest BCUT2D eigenvalue weighted by Gasteiger charge is 2.32. The highest BCUT2D eigenvalue weighted by Crippen LogP contribution is 2.49. The van der Waals surface area contributed by atoms with Gasteiger partial charge in [-0.15, -0.1) is 0 Å². The normalized spacial score (nSPS) is 12.0. The van der Waals surface area contributed by atoms with Crippen molar-refractivity contribution in [1.29, 1.82) is 0 Å². The molecule has 0 saturated heterocycles. The maximum absolute atomic E-state index is 14.1. The molecule has 1 aromatic heterocycles. The van der Waals surface area contributed by atoms with Crippen molar-refractivity contribution in [2.75, 3.05) is 7.11 Å². The summed E-state index contributed by atoms with van der Waals surface area (Å²) in [6.45, 7) is 0. The van der Waals surface area contributed by atoms with E-state index in [0.717, 1.165) is 13.2 Å². The van der Waals surface area contributed by atoms with E-state index in [2.05, 4.69) is 4.74 Å². The lowest BCUT2D eigenvalue weighted by molar-refractivity contribution is -0.140. The molecule has 10 heteroatoms. The van der Waals surface area contributed by atoms with Crippen molar-refractivity contribution in [3.05, 3.63) is 87.3 Å². The maximum atomic E-state index is 14.1. The average molecular weight is 486 g/mol. The zero-order chi connectivity index (χ0) is 25.4. The monoisotopic (exact) mass is 486 g/mol. The molecule has 35 heavy (non-hydrogen) atoms.